The number of carbonyl (C=O) groups is 2. The molecule has 0 aliphatic heterocycles. The maximum absolute atomic E-state index is 12.4. The monoisotopic (exact) mass is 417 g/mol. The average Bonchev–Trinajstić information content (AvgIpc) is 2.62. The molecule has 2 aromatic rings. The Bertz CT molecular complexity index is 766. The molecule has 0 aliphatic rings. The number of amides is 2. The van der Waals surface area contributed by atoms with Crippen molar-refractivity contribution in [1.29, 1.82) is 0 Å². The highest BCUT2D eigenvalue weighted by Crippen LogP contribution is 2.10. The molecule has 26 heavy (non-hydrogen) atoms. The number of nitrogens with zero attached hydrogens (tertiary/aromatic N) is 1. The highest BCUT2D eigenvalue weighted by molar-refractivity contribution is 9.10. The van der Waals surface area contributed by atoms with Crippen molar-refractivity contribution in [3.63, 3.8) is 0 Å². The van der Waals surface area contributed by atoms with E-state index in [0.29, 0.717) is 6.42 Å². The van der Waals surface area contributed by atoms with Crippen LogP contribution in [0, 0.1) is 0 Å². The van der Waals surface area contributed by atoms with Gasteiger partial charge >= 0.3 is 6.09 Å². The highest BCUT2D eigenvalue weighted by atomic mass is 79.9. The van der Waals surface area contributed by atoms with E-state index in [2.05, 4.69) is 31.8 Å². The zero-order valence-electron chi connectivity index (χ0n) is 14.3. The number of nitrogens with one attached hydrogen (secondary N) is 2. The van der Waals surface area contributed by atoms with Gasteiger partial charge in [0.1, 0.15) is 6.04 Å². The first kappa shape index (κ1) is 19.7. The van der Waals surface area contributed by atoms with E-state index < -0.39 is 18.0 Å². The van der Waals surface area contributed by atoms with E-state index in [-0.39, 0.29) is 6.61 Å². The van der Waals surface area contributed by atoms with Gasteiger partial charge in [0.05, 0.1) is 12.8 Å². The van der Waals surface area contributed by atoms with Gasteiger partial charge in [0.15, 0.2) is 0 Å². The molecule has 0 fully saturated rings. The molecule has 0 aliphatic carbocycles. The Morgan fingerprint density at radius 1 is 1.19 bits per heavy atom. The summed E-state index contributed by atoms with van der Waals surface area (Å²) in [6, 6.07) is 16.1. The van der Waals surface area contributed by atoms with Crippen LogP contribution in [0.1, 0.15) is 18.1 Å². The molecule has 0 aromatic heterocycles. The summed E-state index contributed by atoms with van der Waals surface area (Å²) in [5.41, 5.74) is 4.21. The topological polar surface area (TPSA) is 79.8 Å². The van der Waals surface area contributed by atoms with Crippen LogP contribution >= 0.6 is 15.9 Å². The third kappa shape index (κ3) is 6.68. The lowest BCUT2D eigenvalue weighted by atomic mass is 10.1. The lowest BCUT2D eigenvalue weighted by molar-refractivity contribution is -0.123. The molecule has 0 unspecified atom stereocenters. The number of benzene rings is 2. The second-order valence-electron chi connectivity index (χ2n) is 5.40. The first-order chi connectivity index (χ1) is 12.6. The van der Waals surface area contributed by atoms with Gasteiger partial charge in [0.2, 0.25) is 0 Å². The van der Waals surface area contributed by atoms with E-state index in [1.54, 1.807) is 6.92 Å². The SMILES string of the molecule is CCOC(=O)N[C@@H](Cc1ccccc1)C(=O)N/N=C\c1cccc(Br)c1. The largest absolute Gasteiger partial charge is 0.450 e. The summed E-state index contributed by atoms with van der Waals surface area (Å²) >= 11 is 3.37. The lowest BCUT2D eigenvalue weighted by Gasteiger charge is -2.16. The van der Waals surface area contributed by atoms with Gasteiger partial charge in [0, 0.05) is 10.9 Å². The highest BCUT2D eigenvalue weighted by Gasteiger charge is 2.21. The maximum Gasteiger partial charge on any atom is 0.407 e. The fourth-order valence-electron chi connectivity index (χ4n) is 2.21. The van der Waals surface area contributed by atoms with Crippen LogP contribution in [0.25, 0.3) is 0 Å². The smallest absolute Gasteiger partial charge is 0.407 e. The molecule has 0 spiro atoms. The molecular formula is C19H20BrN3O3. The van der Waals surface area contributed by atoms with Gasteiger partial charge < -0.3 is 10.1 Å². The van der Waals surface area contributed by atoms with Crippen LogP contribution in [0.4, 0.5) is 4.79 Å². The van der Waals surface area contributed by atoms with E-state index in [4.69, 9.17) is 4.74 Å². The van der Waals surface area contributed by atoms with Gasteiger partial charge in [-0.1, -0.05) is 58.4 Å². The summed E-state index contributed by atoms with van der Waals surface area (Å²) < 4.78 is 5.79. The number of alkyl carbamates (subject to hydrolysis) is 1. The number of ether oxygens (including phenoxy) is 1. The Morgan fingerprint density at radius 3 is 2.65 bits per heavy atom. The summed E-state index contributed by atoms with van der Waals surface area (Å²) in [6.45, 7) is 1.93. The minimum atomic E-state index is -0.795. The van der Waals surface area contributed by atoms with Crippen molar-refractivity contribution in [3.05, 3.63) is 70.2 Å². The third-order valence-corrected chi connectivity index (χ3v) is 3.90. The molecule has 0 bridgehead atoms. The first-order valence-corrected chi connectivity index (χ1v) is 8.93. The lowest BCUT2D eigenvalue weighted by Crippen LogP contribution is -2.47. The molecule has 0 radical (unpaired) electrons. The Hall–Kier alpha value is -2.67. The molecular weight excluding hydrogens is 398 g/mol. The Balaban J connectivity index is 2.02. The van der Waals surface area contributed by atoms with Crippen molar-refractivity contribution >= 4 is 34.1 Å². The second kappa shape index (κ2) is 10.4. The number of halogens is 1. The van der Waals surface area contributed by atoms with Gasteiger partial charge in [0.25, 0.3) is 5.91 Å². The molecule has 0 saturated carbocycles. The number of hydrogen-bond acceptors (Lipinski definition) is 4. The van der Waals surface area contributed by atoms with Gasteiger partial charge in [-0.3, -0.25) is 4.79 Å². The predicted octanol–water partition coefficient (Wildman–Crippen LogP) is 3.26. The molecule has 7 heteroatoms. The summed E-state index contributed by atoms with van der Waals surface area (Å²) in [5.74, 6) is -0.423. The quantitative estimate of drug-likeness (QED) is 0.535. The summed E-state index contributed by atoms with van der Waals surface area (Å²) in [6.07, 6.45) is 1.23. The zero-order valence-corrected chi connectivity index (χ0v) is 15.9. The summed E-state index contributed by atoms with van der Waals surface area (Å²) in [7, 11) is 0. The van der Waals surface area contributed by atoms with E-state index in [1.807, 2.05) is 54.6 Å². The molecule has 2 amide bonds. The Morgan fingerprint density at radius 2 is 1.96 bits per heavy atom. The first-order valence-electron chi connectivity index (χ1n) is 8.14. The van der Waals surface area contributed by atoms with E-state index >= 15 is 0 Å². The number of hydrazone groups is 1. The van der Waals surface area contributed by atoms with Crippen LogP contribution in [-0.4, -0.2) is 30.9 Å². The minimum Gasteiger partial charge on any atom is -0.450 e. The molecule has 136 valence electrons. The van der Waals surface area contributed by atoms with Crippen LogP contribution in [0.15, 0.2) is 64.2 Å². The van der Waals surface area contributed by atoms with Gasteiger partial charge in [-0.05, 0) is 30.2 Å². The molecule has 6 nitrogen and oxygen atoms in total. The molecule has 2 aromatic carbocycles. The van der Waals surface area contributed by atoms with Crippen molar-refractivity contribution in [3.8, 4) is 0 Å². The Kier molecular flexibility index (Phi) is 7.82. The number of hydrogen-bond donors (Lipinski definition) is 2. The number of rotatable bonds is 7. The molecule has 1 atom stereocenters. The van der Waals surface area contributed by atoms with E-state index in [1.165, 1.54) is 6.21 Å². The van der Waals surface area contributed by atoms with Crippen LogP contribution in [0.3, 0.4) is 0 Å². The van der Waals surface area contributed by atoms with E-state index in [9.17, 15) is 9.59 Å². The van der Waals surface area contributed by atoms with Crippen LogP contribution in [0.2, 0.25) is 0 Å². The maximum atomic E-state index is 12.4. The van der Waals surface area contributed by atoms with Crippen LogP contribution in [-0.2, 0) is 16.0 Å². The van der Waals surface area contributed by atoms with Crippen molar-refractivity contribution in [1.82, 2.24) is 10.7 Å². The summed E-state index contributed by atoms with van der Waals surface area (Å²) in [5, 5.41) is 6.53. The van der Waals surface area contributed by atoms with Gasteiger partial charge in [-0.25, -0.2) is 10.2 Å². The fourth-order valence-corrected chi connectivity index (χ4v) is 2.63. The zero-order chi connectivity index (χ0) is 18.8. The minimum absolute atomic E-state index is 0.229. The van der Waals surface area contributed by atoms with Crippen molar-refractivity contribution in [2.45, 2.75) is 19.4 Å². The summed E-state index contributed by atoms with van der Waals surface area (Å²) in [4.78, 5) is 24.2. The van der Waals surface area contributed by atoms with Gasteiger partial charge in [-0.2, -0.15) is 5.10 Å². The van der Waals surface area contributed by atoms with Crippen LogP contribution in [0.5, 0.6) is 0 Å². The van der Waals surface area contributed by atoms with Crippen molar-refractivity contribution in [2.24, 2.45) is 5.10 Å². The standard InChI is InChI=1S/C19H20BrN3O3/c1-2-26-19(25)22-17(12-14-7-4-3-5-8-14)18(24)23-21-13-15-9-6-10-16(20)11-15/h3-11,13,17H,2,12H2,1H3,(H,22,25)(H,23,24)/b21-13-/t17-/m0/s1. The molecule has 0 saturated heterocycles. The second-order valence-corrected chi connectivity index (χ2v) is 6.31. The Labute approximate surface area is 160 Å². The molecule has 2 rings (SSSR count). The van der Waals surface area contributed by atoms with Crippen LogP contribution < -0.4 is 10.7 Å². The van der Waals surface area contributed by atoms with E-state index in [0.717, 1.165) is 15.6 Å². The average molecular weight is 418 g/mol. The van der Waals surface area contributed by atoms with Crippen molar-refractivity contribution < 1.29 is 14.3 Å². The normalized spacial score (nSPS) is 11.8. The predicted molar refractivity (Wildman–Crippen MR) is 104 cm³/mol. The molecule has 0 heterocycles. The fraction of sp³-hybridized carbons (Fsp3) is 0.211. The molecule has 2 N–H and O–H groups in total. The van der Waals surface area contributed by atoms with Gasteiger partial charge in [-0.15, -0.1) is 0 Å². The number of carbonyl (C=O) groups excluding carboxylic acids is 2. The van der Waals surface area contributed by atoms with Crippen molar-refractivity contribution in [2.75, 3.05) is 6.61 Å². The third-order valence-electron chi connectivity index (χ3n) is 3.40.